The van der Waals surface area contributed by atoms with E-state index in [4.69, 9.17) is 0 Å². The monoisotopic (exact) mass is 378 g/mol. The summed E-state index contributed by atoms with van der Waals surface area (Å²) < 4.78 is 37.2. The van der Waals surface area contributed by atoms with Crippen LogP contribution in [-0.2, 0) is 4.79 Å². The van der Waals surface area contributed by atoms with E-state index in [9.17, 15) is 18.0 Å². The number of piperidine rings is 1. The van der Waals surface area contributed by atoms with Gasteiger partial charge < -0.3 is 15.2 Å². The van der Waals surface area contributed by atoms with E-state index >= 15 is 0 Å². The molecule has 3 aromatic heterocycles. The van der Waals surface area contributed by atoms with Gasteiger partial charge in [0.05, 0.1) is 10.9 Å². The van der Waals surface area contributed by atoms with Crippen LogP contribution in [-0.4, -0.2) is 51.4 Å². The van der Waals surface area contributed by atoms with Crippen LogP contribution in [0.4, 0.5) is 19.0 Å². The number of amides is 1. The summed E-state index contributed by atoms with van der Waals surface area (Å²) in [7, 11) is 0. The van der Waals surface area contributed by atoms with Crippen LogP contribution in [0.15, 0.2) is 24.5 Å². The van der Waals surface area contributed by atoms with Crippen molar-refractivity contribution in [2.75, 3.05) is 18.0 Å². The van der Waals surface area contributed by atoms with Gasteiger partial charge in [-0.2, -0.15) is 13.2 Å². The number of H-pyrrole nitrogens is 1. The Kier molecular flexibility index (Phi) is 4.33. The van der Waals surface area contributed by atoms with E-state index in [-0.39, 0.29) is 6.04 Å². The van der Waals surface area contributed by atoms with Crippen molar-refractivity contribution in [3.63, 3.8) is 0 Å². The summed E-state index contributed by atoms with van der Waals surface area (Å²) in [6.45, 7) is 1.14. The minimum absolute atomic E-state index is 0.347. The molecule has 1 atom stereocenters. The number of rotatable bonds is 3. The first kappa shape index (κ1) is 17.5. The van der Waals surface area contributed by atoms with Crippen molar-refractivity contribution >= 4 is 33.7 Å². The molecule has 0 aliphatic carbocycles. The van der Waals surface area contributed by atoms with Crippen LogP contribution in [0.1, 0.15) is 19.3 Å². The van der Waals surface area contributed by atoms with Gasteiger partial charge in [0.2, 0.25) is 5.91 Å². The molecule has 10 heteroatoms. The highest BCUT2D eigenvalue weighted by molar-refractivity contribution is 6.08. The maximum atomic E-state index is 12.4. The van der Waals surface area contributed by atoms with Crippen molar-refractivity contribution < 1.29 is 18.0 Å². The molecule has 1 aliphatic heterocycles. The highest BCUT2D eigenvalue weighted by Crippen LogP contribution is 2.31. The minimum atomic E-state index is -4.50. The number of aromatic amines is 1. The summed E-state index contributed by atoms with van der Waals surface area (Å²) in [4.78, 5) is 21.1. The van der Waals surface area contributed by atoms with Crippen LogP contribution >= 0.6 is 0 Å². The van der Waals surface area contributed by atoms with Gasteiger partial charge in [0.1, 0.15) is 12.2 Å². The number of carbonyl (C=O) groups excluding carboxylic acids is 1. The number of nitrogens with zero attached hydrogens (tertiary/aromatic N) is 4. The lowest BCUT2D eigenvalue weighted by atomic mass is 10.0. The number of fused-ring (bicyclic) bond motifs is 3. The predicted molar refractivity (Wildman–Crippen MR) is 93.2 cm³/mol. The highest BCUT2D eigenvalue weighted by atomic mass is 19.4. The number of hydrogen-bond acceptors (Lipinski definition) is 5. The molecule has 3 aromatic rings. The number of aromatic nitrogens is 4. The van der Waals surface area contributed by atoms with Crippen molar-refractivity contribution in [3.05, 3.63) is 24.5 Å². The lowest BCUT2D eigenvalue weighted by Crippen LogP contribution is -2.48. The van der Waals surface area contributed by atoms with Crippen molar-refractivity contribution in [1.82, 2.24) is 25.5 Å². The first-order valence-corrected chi connectivity index (χ1v) is 8.60. The number of halogens is 3. The van der Waals surface area contributed by atoms with E-state index in [1.165, 1.54) is 0 Å². The fraction of sp³-hybridized carbons (Fsp3) is 0.412. The van der Waals surface area contributed by atoms with Gasteiger partial charge in [0, 0.05) is 36.9 Å². The molecule has 7 nitrogen and oxygen atoms in total. The van der Waals surface area contributed by atoms with E-state index in [1.807, 2.05) is 17.0 Å². The van der Waals surface area contributed by atoms with Crippen LogP contribution in [0.5, 0.6) is 0 Å². The summed E-state index contributed by atoms with van der Waals surface area (Å²) in [6, 6.07) is 3.32. The van der Waals surface area contributed by atoms with Crippen molar-refractivity contribution in [3.8, 4) is 0 Å². The molecule has 0 saturated carbocycles. The highest BCUT2D eigenvalue weighted by Gasteiger charge is 2.33. The quantitative estimate of drug-likeness (QED) is 0.732. The molecule has 1 unspecified atom stereocenters. The topological polar surface area (TPSA) is 86.8 Å². The lowest BCUT2D eigenvalue weighted by Gasteiger charge is -2.35. The van der Waals surface area contributed by atoms with Gasteiger partial charge in [0.25, 0.3) is 0 Å². The van der Waals surface area contributed by atoms with Crippen molar-refractivity contribution in [2.45, 2.75) is 31.5 Å². The second kappa shape index (κ2) is 6.67. The molecule has 4 heterocycles. The normalized spacial score (nSPS) is 18.2. The van der Waals surface area contributed by atoms with Gasteiger partial charge in [-0.1, -0.05) is 0 Å². The van der Waals surface area contributed by atoms with Crippen LogP contribution in [0.3, 0.4) is 0 Å². The Morgan fingerprint density at radius 1 is 1.33 bits per heavy atom. The number of nitrogens with one attached hydrogen (secondary N) is 2. The molecule has 0 radical (unpaired) electrons. The van der Waals surface area contributed by atoms with Gasteiger partial charge in [-0.15, -0.1) is 10.2 Å². The molecule has 1 amide bonds. The van der Waals surface area contributed by atoms with E-state index in [0.29, 0.717) is 24.1 Å². The van der Waals surface area contributed by atoms with E-state index in [2.05, 4.69) is 25.5 Å². The number of anilines is 1. The van der Waals surface area contributed by atoms with Gasteiger partial charge in [-0.05, 0) is 25.0 Å². The molecule has 0 aromatic carbocycles. The zero-order valence-electron chi connectivity index (χ0n) is 14.3. The number of hydrogen-bond donors (Lipinski definition) is 2. The number of carbonyl (C=O) groups is 1. The average molecular weight is 378 g/mol. The summed E-state index contributed by atoms with van der Waals surface area (Å²) in [5.41, 5.74) is 1.24. The SMILES string of the molecule is O=C(CC(F)(F)F)NC1CCCN(c2[nH]ccc3nnc4nccc4c23)C1. The fourth-order valence-corrected chi connectivity index (χ4v) is 3.54. The predicted octanol–water partition coefficient (Wildman–Crippen LogP) is 2.54. The third-order valence-electron chi connectivity index (χ3n) is 4.62. The van der Waals surface area contributed by atoms with Crippen LogP contribution in [0.2, 0.25) is 0 Å². The first-order valence-electron chi connectivity index (χ1n) is 8.60. The van der Waals surface area contributed by atoms with E-state index < -0.39 is 18.5 Å². The van der Waals surface area contributed by atoms with E-state index in [1.54, 1.807) is 12.4 Å². The molecule has 2 N–H and O–H groups in total. The third kappa shape index (κ3) is 3.64. The standard InChI is InChI=1S/C17H17F3N6O/c18-17(19,20)8-13(27)23-10-2-1-7-26(9-10)16-14-11-3-5-21-15(11)25-24-12(14)4-6-22-16/h3-6,10,22H,1-2,7-9H2,(H,23,27). The van der Waals surface area contributed by atoms with E-state index in [0.717, 1.165) is 29.6 Å². The van der Waals surface area contributed by atoms with Crippen LogP contribution < -0.4 is 10.2 Å². The van der Waals surface area contributed by atoms with Crippen molar-refractivity contribution in [2.24, 2.45) is 0 Å². The largest absolute Gasteiger partial charge is 0.397 e. The molecular weight excluding hydrogens is 361 g/mol. The molecule has 27 heavy (non-hydrogen) atoms. The average Bonchev–Trinajstić information content (AvgIpc) is 3.08. The smallest absolute Gasteiger partial charge is 0.356 e. The second-order valence-corrected chi connectivity index (χ2v) is 6.61. The molecule has 4 rings (SSSR count). The Balaban J connectivity index is 1.60. The number of alkyl halides is 3. The van der Waals surface area contributed by atoms with Gasteiger partial charge >= 0.3 is 6.18 Å². The zero-order valence-corrected chi connectivity index (χ0v) is 14.3. The van der Waals surface area contributed by atoms with Gasteiger partial charge in [0.15, 0.2) is 5.65 Å². The Labute approximate surface area is 152 Å². The van der Waals surface area contributed by atoms with Crippen molar-refractivity contribution in [1.29, 1.82) is 0 Å². The molecule has 0 bridgehead atoms. The minimum Gasteiger partial charge on any atom is -0.356 e. The first-order chi connectivity index (χ1) is 12.9. The van der Waals surface area contributed by atoms with Gasteiger partial charge in [-0.25, -0.2) is 4.98 Å². The zero-order chi connectivity index (χ0) is 19.0. The van der Waals surface area contributed by atoms with Crippen LogP contribution in [0, 0.1) is 0 Å². The molecule has 1 aliphatic rings. The molecule has 0 spiro atoms. The second-order valence-electron chi connectivity index (χ2n) is 6.61. The maximum absolute atomic E-state index is 12.4. The Bertz CT molecular complexity index is 986. The molecular formula is C17H17F3N6O. The summed E-state index contributed by atoms with van der Waals surface area (Å²) in [5.74, 6) is -0.195. The van der Waals surface area contributed by atoms with Crippen LogP contribution in [0.25, 0.3) is 21.9 Å². The summed E-state index contributed by atoms with van der Waals surface area (Å²) >= 11 is 0. The maximum Gasteiger partial charge on any atom is 0.397 e. The molecule has 1 saturated heterocycles. The van der Waals surface area contributed by atoms with Gasteiger partial charge in [-0.3, -0.25) is 4.79 Å². The molecule has 1 fully saturated rings. The summed E-state index contributed by atoms with van der Waals surface area (Å²) in [6.07, 6.45) is -1.16. The lowest BCUT2D eigenvalue weighted by molar-refractivity contribution is -0.154. The molecule has 142 valence electrons. The number of pyridine rings is 1. The third-order valence-corrected chi connectivity index (χ3v) is 4.62. The Morgan fingerprint density at radius 2 is 2.19 bits per heavy atom. The fourth-order valence-electron chi connectivity index (χ4n) is 3.54. The Morgan fingerprint density at radius 3 is 3.00 bits per heavy atom. The summed E-state index contributed by atoms with van der Waals surface area (Å²) in [5, 5.41) is 12.5. The Hall–Kier alpha value is -2.91.